The van der Waals surface area contributed by atoms with E-state index in [0.717, 1.165) is 34.5 Å². The molecule has 3 aromatic rings. The summed E-state index contributed by atoms with van der Waals surface area (Å²) >= 11 is 6.22. The highest BCUT2D eigenvalue weighted by Crippen LogP contribution is 2.21. The molecule has 0 aliphatic heterocycles. The van der Waals surface area contributed by atoms with E-state index in [1.165, 1.54) is 24.3 Å². The minimum atomic E-state index is -3.68. The summed E-state index contributed by atoms with van der Waals surface area (Å²) in [4.78, 5) is 28.9. The van der Waals surface area contributed by atoms with Gasteiger partial charge in [0, 0.05) is 37.5 Å². The van der Waals surface area contributed by atoms with Crippen molar-refractivity contribution in [2.24, 2.45) is 0 Å². The minimum absolute atomic E-state index is 0.00130. The van der Waals surface area contributed by atoms with Crippen LogP contribution in [0.3, 0.4) is 0 Å². The Hall–Kier alpha value is -3.43. The second-order valence-corrected chi connectivity index (χ2v) is 12.3. The number of sulfonamides is 1. The SMILES string of the molecule is CCCCNC(=O)[C@H](Cc1ccccc1)N(Cc1cccc(Cl)c1)C(=O)CCCN(c1ccc(F)cc1)S(C)(=O)=O. The van der Waals surface area contributed by atoms with Gasteiger partial charge in [-0.05, 0) is 60.4 Å². The van der Waals surface area contributed by atoms with Crippen LogP contribution >= 0.6 is 11.6 Å². The van der Waals surface area contributed by atoms with Gasteiger partial charge >= 0.3 is 0 Å². The van der Waals surface area contributed by atoms with E-state index in [0.29, 0.717) is 23.7 Å². The van der Waals surface area contributed by atoms with Gasteiger partial charge in [-0.1, -0.05) is 67.4 Å². The predicted molar refractivity (Wildman–Crippen MR) is 162 cm³/mol. The van der Waals surface area contributed by atoms with Crippen LogP contribution in [0.2, 0.25) is 5.02 Å². The smallest absolute Gasteiger partial charge is 0.243 e. The first-order valence-corrected chi connectivity index (χ1v) is 15.9. The van der Waals surface area contributed by atoms with E-state index in [1.807, 2.05) is 43.3 Å². The van der Waals surface area contributed by atoms with Gasteiger partial charge in [0.15, 0.2) is 0 Å². The Labute approximate surface area is 247 Å². The molecule has 0 heterocycles. The van der Waals surface area contributed by atoms with E-state index in [9.17, 15) is 22.4 Å². The van der Waals surface area contributed by atoms with Crippen LogP contribution in [0.1, 0.15) is 43.7 Å². The van der Waals surface area contributed by atoms with E-state index < -0.39 is 21.9 Å². The zero-order valence-corrected chi connectivity index (χ0v) is 25.0. The molecule has 7 nitrogen and oxygen atoms in total. The highest BCUT2D eigenvalue weighted by molar-refractivity contribution is 7.92. The van der Waals surface area contributed by atoms with Gasteiger partial charge in [-0.2, -0.15) is 0 Å². The highest BCUT2D eigenvalue weighted by Gasteiger charge is 2.30. The molecule has 3 rings (SSSR count). The molecule has 1 atom stereocenters. The number of halogens is 2. The van der Waals surface area contributed by atoms with Gasteiger partial charge in [-0.15, -0.1) is 0 Å². The van der Waals surface area contributed by atoms with Gasteiger partial charge < -0.3 is 10.2 Å². The first-order chi connectivity index (χ1) is 19.6. The Morgan fingerprint density at radius 2 is 1.63 bits per heavy atom. The molecule has 41 heavy (non-hydrogen) atoms. The Kier molecular flexibility index (Phi) is 12.2. The van der Waals surface area contributed by atoms with Crippen molar-refractivity contribution in [2.45, 2.75) is 51.6 Å². The minimum Gasteiger partial charge on any atom is -0.354 e. The van der Waals surface area contributed by atoms with Gasteiger partial charge in [0.25, 0.3) is 0 Å². The van der Waals surface area contributed by atoms with Crippen molar-refractivity contribution in [3.63, 3.8) is 0 Å². The van der Waals surface area contributed by atoms with Crippen LogP contribution in [0.4, 0.5) is 10.1 Å². The van der Waals surface area contributed by atoms with Crippen LogP contribution in [0, 0.1) is 5.82 Å². The zero-order chi connectivity index (χ0) is 29.8. The maximum Gasteiger partial charge on any atom is 0.243 e. The molecule has 0 saturated carbocycles. The van der Waals surface area contributed by atoms with Crippen LogP contribution < -0.4 is 9.62 Å². The standard InChI is InChI=1S/C31H37ClFN3O4S/c1-3-4-19-34-31(38)29(22-24-10-6-5-7-11-24)35(23-25-12-8-13-26(32)21-25)30(37)14-9-20-36(41(2,39)40)28-17-15-27(33)16-18-28/h5-8,10-13,15-18,21,29H,3-4,9,14,19-20,22-23H2,1-2H3,(H,34,38)/t29-/m0/s1. The number of benzene rings is 3. The molecule has 1 N–H and O–H groups in total. The summed E-state index contributed by atoms with van der Waals surface area (Å²) < 4.78 is 39.6. The second kappa shape index (κ2) is 15.5. The topological polar surface area (TPSA) is 86.8 Å². The number of unbranched alkanes of at least 4 members (excludes halogenated alkanes) is 1. The third-order valence-corrected chi connectivity index (χ3v) is 8.04. The lowest BCUT2D eigenvalue weighted by atomic mass is 10.0. The third kappa shape index (κ3) is 10.2. The van der Waals surface area contributed by atoms with Gasteiger partial charge in [-0.25, -0.2) is 12.8 Å². The Morgan fingerprint density at radius 3 is 2.27 bits per heavy atom. The van der Waals surface area contributed by atoms with Crippen LogP contribution in [0.5, 0.6) is 0 Å². The fourth-order valence-electron chi connectivity index (χ4n) is 4.50. The summed E-state index contributed by atoms with van der Waals surface area (Å²) in [6.45, 7) is 2.72. The predicted octanol–water partition coefficient (Wildman–Crippen LogP) is 5.58. The highest BCUT2D eigenvalue weighted by atomic mass is 35.5. The van der Waals surface area contributed by atoms with Crippen LogP contribution in [0.25, 0.3) is 0 Å². The first-order valence-electron chi connectivity index (χ1n) is 13.7. The lowest BCUT2D eigenvalue weighted by Crippen LogP contribution is -2.50. The fourth-order valence-corrected chi connectivity index (χ4v) is 5.68. The molecule has 0 spiro atoms. The number of nitrogens with zero attached hydrogens (tertiary/aromatic N) is 2. The summed E-state index contributed by atoms with van der Waals surface area (Å²) in [6.07, 6.45) is 3.32. The second-order valence-electron chi connectivity index (χ2n) is 9.92. The van der Waals surface area contributed by atoms with Gasteiger partial charge in [0.1, 0.15) is 11.9 Å². The van der Waals surface area contributed by atoms with Crippen molar-refractivity contribution in [1.29, 1.82) is 0 Å². The molecule has 0 aliphatic rings. The largest absolute Gasteiger partial charge is 0.354 e. The summed E-state index contributed by atoms with van der Waals surface area (Å²) in [5.74, 6) is -1.01. The van der Waals surface area contributed by atoms with Crippen molar-refractivity contribution < 1.29 is 22.4 Å². The van der Waals surface area contributed by atoms with Crippen molar-refractivity contribution >= 4 is 39.1 Å². The lowest BCUT2D eigenvalue weighted by Gasteiger charge is -2.32. The lowest BCUT2D eigenvalue weighted by molar-refractivity contribution is -0.141. The molecule has 0 aliphatic carbocycles. The molecule has 0 fully saturated rings. The molecule has 0 bridgehead atoms. The van der Waals surface area contributed by atoms with E-state index in [2.05, 4.69) is 5.32 Å². The normalized spacial score (nSPS) is 12.0. The molecule has 220 valence electrons. The number of rotatable bonds is 15. The summed E-state index contributed by atoms with van der Waals surface area (Å²) in [5, 5.41) is 3.50. The van der Waals surface area contributed by atoms with Gasteiger partial charge in [0.2, 0.25) is 21.8 Å². The Balaban J connectivity index is 1.86. The molecule has 3 aromatic carbocycles. The summed E-state index contributed by atoms with van der Waals surface area (Å²) in [5.41, 5.74) is 2.00. The number of anilines is 1. The molecule has 2 amide bonds. The zero-order valence-electron chi connectivity index (χ0n) is 23.4. The van der Waals surface area contributed by atoms with Crippen molar-refractivity contribution in [1.82, 2.24) is 10.2 Å². The number of hydrogen-bond acceptors (Lipinski definition) is 4. The molecule has 0 radical (unpaired) electrons. The average molecular weight is 602 g/mol. The summed E-state index contributed by atoms with van der Waals surface area (Å²) in [7, 11) is -3.68. The van der Waals surface area contributed by atoms with Gasteiger partial charge in [0.05, 0.1) is 11.9 Å². The summed E-state index contributed by atoms with van der Waals surface area (Å²) in [6, 6.07) is 21.0. The Morgan fingerprint density at radius 1 is 0.951 bits per heavy atom. The number of amides is 2. The number of carbonyl (C=O) groups is 2. The van der Waals surface area contributed by atoms with E-state index in [1.54, 1.807) is 23.1 Å². The molecule has 0 aromatic heterocycles. The molecular formula is C31H37ClFN3O4S. The van der Waals surface area contributed by atoms with Crippen LogP contribution in [-0.2, 0) is 32.6 Å². The van der Waals surface area contributed by atoms with Crippen LogP contribution in [0.15, 0.2) is 78.9 Å². The molecule has 10 heteroatoms. The van der Waals surface area contributed by atoms with E-state index in [-0.39, 0.29) is 37.7 Å². The van der Waals surface area contributed by atoms with Crippen molar-refractivity contribution in [3.8, 4) is 0 Å². The van der Waals surface area contributed by atoms with E-state index >= 15 is 0 Å². The van der Waals surface area contributed by atoms with E-state index in [4.69, 9.17) is 11.6 Å². The maximum atomic E-state index is 13.8. The van der Waals surface area contributed by atoms with Gasteiger partial charge in [-0.3, -0.25) is 13.9 Å². The number of nitrogens with one attached hydrogen (secondary N) is 1. The monoisotopic (exact) mass is 601 g/mol. The number of carbonyl (C=O) groups excluding carboxylic acids is 2. The molecular weight excluding hydrogens is 565 g/mol. The molecule has 0 unspecified atom stereocenters. The fraction of sp³-hybridized carbons (Fsp3) is 0.355. The van der Waals surface area contributed by atoms with Crippen molar-refractivity contribution in [3.05, 3.63) is 101 Å². The average Bonchev–Trinajstić information content (AvgIpc) is 2.93. The number of hydrogen-bond donors (Lipinski definition) is 1. The van der Waals surface area contributed by atoms with Crippen molar-refractivity contribution in [2.75, 3.05) is 23.7 Å². The Bertz CT molecular complexity index is 1390. The molecule has 0 saturated heterocycles. The van der Waals surface area contributed by atoms with Crippen LogP contribution in [-0.4, -0.2) is 50.5 Å². The maximum absolute atomic E-state index is 13.8. The third-order valence-electron chi connectivity index (χ3n) is 6.61. The quantitative estimate of drug-likeness (QED) is 0.230. The first kappa shape index (κ1) is 32.1.